The van der Waals surface area contributed by atoms with Gasteiger partial charge in [-0.15, -0.1) is 10.2 Å². The summed E-state index contributed by atoms with van der Waals surface area (Å²) in [6.07, 6.45) is 3.38. The first-order chi connectivity index (χ1) is 10.7. The zero-order valence-electron chi connectivity index (χ0n) is 12.5. The van der Waals surface area contributed by atoms with Gasteiger partial charge in [0, 0.05) is 7.05 Å². The van der Waals surface area contributed by atoms with Crippen molar-refractivity contribution in [2.45, 2.75) is 0 Å². The second kappa shape index (κ2) is 5.40. The summed E-state index contributed by atoms with van der Waals surface area (Å²) in [5.41, 5.74) is 7.45. The number of aromatic nitrogens is 5. The minimum absolute atomic E-state index is 0.235. The summed E-state index contributed by atoms with van der Waals surface area (Å²) in [4.78, 5) is 4.11. The molecule has 0 aliphatic carbocycles. The summed E-state index contributed by atoms with van der Waals surface area (Å²) in [7, 11) is 5.04. The van der Waals surface area contributed by atoms with Crippen LogP contribution in [0.25, 0.3) is 17.2 Å². The second-order valence-electron chi connectivity index (χ2n) is 4.62. The number of rotatable bonds is 4. The Morgan fingerprint density at radius 2 is 1.77 bits per heavy atom. The van der Waals surface area contributed by atoms with Crippen molar-refractivity contribution in [1.82, 2.24) is 24.3 Å². The lowest BCUT2D eigenvalue weighted by Gasteiger charge is -2.16. The SMILES string of the molecule is COc1cccc(OC)c1-n1c(N)nnc1-c1cncn1C. The average molecular weight is 300 g/mol. The first-order valence-electron chi connectivity index (χ1n) is 6.56. The molecule has 2 aromatic heterocycles. The fourth-order valence-electron chi connectivity index (χ4n) is 2.31. The Morgan fingerprint density at radius 1 is 1.09 bits per heavy atom. The highest BCUT2D eigenvalue weighted by molar-refractivity contribution is 5.65. The normalized spacial score (nSPS) is 10.7. The molecular formula is C14H16N6O2. The van der Waals surface area contributed by atoms with Crippen molar-refractivity contribution >= 4 is 5.95 Å². The number of para-hydroxylation sites is 1. The number of ether oxygens (including phenoxy) is 2. The highest BCUT2D eigenvalue weighted by atomic mass is 16.5. The maximum absolute atomic E-state index is 6.03. The molecule has 0 spiro atoms. The summed E-state index contributed by atoms with van der Waals surface area (Å²) >= 11 is 0. The summed E-state index contributed by atoms with van der Waals surface area (Å²) in [6.45, 7) is 0. The molecule has 0 saturated carbocycles. The molecule has 3 aromatic rings. The molecule has 8 nitrogen and oxygen atoms in total. The molecular weight excluding hydrogens is 284 g/mol. The predicted octanol–water partition coefficient (Wildman–Crippen LogP) is 1.27. The molecule has 8 heteroatoms. The molecule has 0 radical (unpaired) electrons. The molecule has 0 saturated heterocycles. The molecule has 2 heterocycles. The van der Waals surface area contributed by atoms with Gasteiger partial charge in [0.2, 0.25) is 5.95 Å². The molecule has 0 aliphatic heterocycles. The topological polar surface area (TPSA) is 93.0 Å². The zero-order valence-corrected chi connectivity index (χ0v) is 12.5. The van der Waals surface area contributed by atoms with Gasteiger partial charge in [-0.1, -0.05) is 6.07 Å². The van der Waals surface area contributed by atoms with Crippen LogP contribution in [-0.4, -0.2) is 38.5 Å². The first kappa shape index (κ1) is 13.9. The van der Waals surface area contributed by atoms with Crippen LogP contribution in [0.3, 0.4) is 0 Å². The Hall–Kier alpha value is -3.03. The Bertz CT molecular complexity index is 785. The molecule has 2 N–H and O–H groups in total. The van der Waals surface area contributed by atoms with Crippen molar-refractivity contribution in [2.24, 2.45) is 7.05 Å². The molecule has 3 rings (SSSR count). The van der Waals surface area contributed by atoms with Gasteiger partial charge in [-0.2, -0.15) is 0 Å². The monoisotopic (exact) mass is 300 g/mol. The Kier molecular flexibility index (Phi) is 3.42. The third-order valence-electron chi connectivity index (χ3n) is 3.36. The highest BCUT2D eigenvalue weighted by Crippen LogP contribution is 2.36. The van der Waals surface area contributed by atoms with Crippen molar-refractivity contribution in [3.63, 3.8) is 0 Å². The largest absolute Gasteiger partial charge is 0.494 e. The molecule has 0 unspecified atom stereocenters. The smallest absolute Gasteiger partial charge is 0.227 e. The Labute approximate surface area is 127 Å². The molecule has 22 heavy (non-hydrogen) atoms. The lowest BCUT2D eigenvalue weighted by Crippen LogP contribution is -2.07. The number of anilines is 1. The van der Waals surface area contributed by atoms with E-state index in [1.165, 1.54) is 0 Å². The van der Waals surface area contributed by atoms with E-state index in [0.717, 1.165) is 5.69 Å². The van der Waals surface area contributed by atoms with Gasteiger partial charge >= 0.3 is 0 Å². The summed E-state index contributed by atoms with van der Waals surface area (Å²) in [6, 6.07) is 5.49. The van der Waals surface area contributed by atoms with Crippen molar-refractivity contribution in [3.05, 3.63) is 30.7 Å². The van der Waals surface area contributed by atoms with E-state index in [0.29, 0.717) is 23.0 Å². The maximum atomic E-state index is 6.03. The van der Waals surface area contributed by atoms with E-state index in [2.05, 4.69) is 15.2 Å². The predicted molar refractivity (Wildman–Crippen MR) is 81.1 cm³/mol. The van der Waals surface area contributed by atoms with Crippen LogP contribution in [0.15, 0.2) is 30.7 Å². The summed E-state index contributed by atoms with van der Waals surface area (Å²) in [5.74, 6) is 2.00. The van der Waals surface area contributed by atoms with Gasteiger partial charge in [-0.25, -0.2) is 4.98 Å². The lowest BCUT2D eigenvalue weighted by molar-refractivity contribution is 0.391. The van der Waals surface area contributed by atoms with E-state index < -0.39 is 0 Å². The van der Waals surface area contributed by atoms with Gasteiger partial charge in [-0.05, 0) is 12.1 Å². The summed E-state index contributed by atoms with van der Waals surface area (Å²) in [5, 5.41) is 8.14. The summed E-state index contributed by atoms with van der Waals surface area (Å²) < 4.78 is 14.4. The van der Waals surface area contributed by atoms with Crippen LogP contribution < -0.4 is 15.2 Å². The standard InChI is InChI=1S/C14H16N6O2/c1-19-8-16-7-9(19)13-17-18-14(15)20(13)12-10(21-2)5-4-6-11(12)22-3/h4-8H,1-3H3,(H2,15,18). The average Bonchev–Trinajstić information content (AvgIpc) is 3.11. The van der Waals surface area contributed by atoms with Crippen molar-refractivity contribution in [3.8, 4) is 28.7 Å². The number of methoxy groups -OCH3 is 2. The molecule has 0 amide bonds. The van der Waals surface area contributed by atoms with Crippen LogP contribution in [-0.2, 0) is 7.05 Å². The molecule has 0 aliphatic rings. The van der Waals surface area contributed by atoms with Crippen molar-refractivity contribution < 1.29 is 9.47 Å². The van der Waals surface area contributed by atoms with Gasteiger partial charge in [0.1, 0.15) is 22.9 Å². The van der Waals surface area contributed by atoms with Crippen LogP contribution >= 0.6 is 0 Å². The molecule has 1 aromatic carbocycles. The number of nitrogens with two attached hydrogens (primary N) is 1. The Balaban J connectivity index is 2.31. The molecule has 0 atom stereocenters. The number of hydrogen-bond acceptors (Lipinski definition) is 6. The number of nitrogen functional groups attached to an aromatic ring is 1. The highest BCUT2D eigenvalue weighted by Gasteiger charge is 2.22. The van der Waals surface area contributed by atoms with Gasteiger partial charge in [-0.3, -0.25) is 4.57 Å². The second-order valence-corrected chi connectivity index (χ2v) is 4.62. The number of nitrogens with zero attached hydrogens (tertiary/aromatic N) is 5. The lowest BCUT2D eigenvalue weighted by atomic mass is 10.2. The number of imidazole rings is 1. The molecule has 0 fully saturated rings. The van der Waals surface area contributed by atoms with Crippen LogP contribution in [0.4, 0.5) is 5.95 Å². The minimum atomic E-state index is 0.235. The van der Waals surface area contributed by atoms with Crippen LogP contribution in [0.5, 0.6) is 11.5 Å². The van der Waals surface area contributed by atoms with Gasteiger partial charge in [0.25, 0.3) is 0 Å². The Morgan fingerprint density at radius 3 is 2.32 bits per heavy atom. The number of benzene rings is 1. The van der Waals surface area contributed by atoms with E-state index in [1.54, 1.807) is 31.3 Å². The van der Waals surface area contributed by atoms with E-state index in [4.69, 9.17) is 15.2 Å². The fourth-order valence-corrected chi connectivity index (χ4v) is 2.31. The van der Waals surface area contributed by atoms with E-state index in [-0.39, 0.29) is 5.95 Å². The fraction of sp³-hybridized carbons (Fsp3) is 0.214. The van der Waals surface area contributed by atoms with Crippen LogP contribution in [0.2, 0.25) is 0 Å². The number of hydrogen-bond donors (Lipinski definition) is 1. The first-order valence-corrected chi connectivity index (χ1v) is 6.56. The van der Waals surface area contributed by atoms with Crippen molar-refractivity contribution in [2.75, 3.05) is 20.0 Å². The number of aryl methyl sites for hydroxylation is 1. The molecule has 0 bridgehead atoms. The van der Waals surface area contributed by atoms with Crippen molar-refractivity contribution in [1.29, 1.82) is 0 Å². The van der Waals surface area contributed by atoms with E-state index in [9.17, 15) is 0 Å². The maximum Gasteiger partial charge on any atom is 0.227 e. The third-order valence-corrected chi connectivity index (χ3v) is 3.36. The minimum Gasteiger partial charge on any atom is -0.494 e. The van der Waals surface area contributed by atoms with E-state index >= 15 is 0 Å². The van der Waals surface area contributed by atoms with Gasteiger partial charge < -0.3 is 19.8 Å². The molecule has 114 valence electrons. The van der Waals surface area contributed by atoms with Gasteiger partial charge in [0.15, 0.2) is 5.82 Å². The van der Waals surface area contributed by atoms with Crippen LogP contribution in [0.1, 0.15) is 0 Å². The van der Waals surface area contributed by atoms with Crippen LogP contribution in [0, 0.1) is 0 Å². The third kappa shape index (κ3) is 2.05. The zero-order chi connectivity index (χ0) is 15.7. The van der Waals surface area contributed by atoms with Gasteiger partial charge in [0.05, 0.1) is 26.7 Å². The quantitative estimate of drug-likeness (QED) is 0.780. The van der Waals surface area contributed by atoms with E-state index in [1.807, 2.05) is 29.8 Å².